The molecule has 0 saturated heterocycles. The van der Waals surface area contributed by atoms with Crippen LogP contribution in [0.1, 0.15) is 50.2 Å². The Kier molecular flexibility index (Phi) is 7.94. The summed E-state index contributed by atoms with van der Waals surface area (Å²) in [4.78, 5) is 11.6. The average Bonchev–Trinajstić information content (AvgIpc) is 2.58. The quantitative estimate of drug-likeness (QED) is 0.643. The molecule has 0 fully saturated rings. The molecule has 0 radical (unpaired) electrons. The predicted molar refractivity (Wildman–Crippen MR) is 93.7 cm³/mol. The number of hydrogen-bond donors (Lipinski definition) is 0. The van der Waals surface area contributed by atoms with Gasteiger partial charge in [0.1, 0.15) is 23.2 Å². The van der Waals surface area contributed by atoms with Crippen LogP contribution in [0.5, 0.6) is 0 Å². The number of carbonyl (C=O) groups excluding carboxylic acids is 1. The number of hydrogen-bond acceptors (Lipinski definition) is 1. The van der Waals surface area contributed by atoms with Crippen molar-refractivity contribution in [3.05, 3.63) is 71.0 Å². The van der Waals surface area contributed by atoms with Crippen molar-refractivity contribution in [2.75, 3.05) is 0 Å². The maximum atomic E-state index is 14.1. The van der Waals surface area contributed by atoms with Gasteiger partial charge in [0, 0.05) is 17.9 Å². The molecule has 0 saturated carbocycles. The van der Waals surface area contributed by atoms with Crippen LogP contribution in [-0.4, -0.2) is 5.78 Å². The summed E-state index contributed by atoms with van der Waals surface area (Å²) in [5.74, 6) is -1.29. The number of Topliss-reactive ketones (excluding diaryl/α,β-unsaturated/α-hetero) is 1. The molecule has 0 spiro atoms. The molecule has 2 aromatic carbocycles. The maximum absolute atomic E-state index is 14.1. The molecular formula is C21H21F3O. The second-order valence-electron chi connectivity index (χ2n) is 5.34. The van der Waals surface area contributed by atoms with E-state index in [0.717, 1.165) is 12.1 Å². The summed E-state index contributed by atoms with van der Waals surface area (Å²) in [5, 5.41) is 0. The van der Waals surface area contributed by atoms with Crippen molar-refractivity contribution < 1.29 is 18.0 Å². The number of rotatable bonds is 5. The van der Waals surface area contributed by atoms with Crippen molar-refractivity contribution in [2.45, 2.75) is 39.0 Å². The van der Waals surface area contributed by atoms with Crippen molar-refractivity contribution in [3.8, 4) is 12.3 Å². The lowest BCUT2D eigenvalue weighted by Crippen LogP contribution is -2.16. The van der Waals surface area contributed by atoms with Crippen molar-refractivity contribution in [1.29, 1.82) is 0 Å². The van der Waals surface area contributed by atoms with E-state index in [1.165, 1.54) is 37.3 Å². The zero-order chi connectivity index (χ0) is 19.0. The molecule has 2 unspecified atom stereocenters. The largest absolute Gasteiger partial charge is 0.300 e. The summed E-state index contributed by atoms with van der Waals surface area (Å²) >= 11 is 0. The SMILES string of the molecule is C#CC(c1ccc(F)cc1)C(CC(C)=O)c1c(F)cccc1F.CC. The number of terminal acetylenes is 1. The van der Waals surface area contributed by atoms with Gasteiger partial charge in [-0.1, -0.05) is 38.0 Å². The van der Waals surface area contributed by atoms with E-state index in [4.69, 9.17) is 6.42 Å². The van der Waals surface area contributed by atoms with Gasteiger partial charge < -0.3 is 4.79 Å². The maximum Gasteiger partial charge on any atom is 0.130 e. The minimum absolute atomic E-state index is 0.107. The first-order chi connectivity index (χ1) is 11.9. The monoisotopic (exact) mass is 346 g/mol. The van der Waals surface area contributed by atoms with Crippen LogP contribution in [0.15, 0.2) is 42.5 Å². The van der Waals surface area contributed by atoms with Gasteiger partial charge in [-0.3, -0.25) is 0 Å². The number of benzene rings is 2. The highest BCUT2D eigenvalue weighted by atomic mass is 19.1. The fourth-order valence-electron chi connectivity index (χ4n) is 2.68. The number of halogens is 3. The van der Waals surface area contributed by atoms with Crippen LogP contribution in [0.25, 0.3) is 0 Å². The summed E-state index contributed by atoms with van der Waals surface area (Å²) < 4.78 is 41.4. The summed E-state index contributed by atoms with van der Waals surface area (Å²) in [7, 11) is 0. The molecular weight excluding hydrogens is 325 g/mol. The molecule has 1 nitrogen and oxygen atoms in total. The molecule has 0 amide bonds. The van der Waals surface area contributed by atoms with Crippen LogP contribution in [0.3, 0.4) is 0 Å². The van der Waals surface area contributed by atoms with Crippen molar-refractivity contribution >= 4 is 5.78 Å². The van der Waals surface area contributed by atoms with E-state index in [9.17, 15) is 18.0 Å². The first-order valence-electron chi connectivity index (χ1n) is 8.09. The Labute approximate surface area is 146 Å². The van der Waals surface area contributed by atoms with Crippen LogP contribution in [-0.2, 0) is 4.79 Å². The van der Waals surface area contributed by atoms with Crippen LogP contribution in [0.4, 0.5) is 13.2 Å². The average molecular weight is 346 g/mol. The molecule has 4 heteroatoms. The topological polar surface area (TPSA) is 17.1 Å². The molecule has 2 aromatic rings. The molecule has 0 aliphatic rings. The summed E-state index contributed by atoms with van der Waals surface area (Å²) in [6, 6.07) is 8.89. The fourth-order valence-corrected chi connectivity index (χ4v) is 2.68. The van der Waals surface area contributed by atoms with Crippen LogP contribution in [0, 0.1) is 29.8 Å². The summed E-state index contributed by atoms with van der Waals surface area (Å²) in [5.41, 5.74) is 0.317. The Bertz CT molecular complexity index is 724. The molecule has 0 aliphatic heterocycles. The van der Waals surface area contributed by atoms with Crippen molar-refractivity contribution in [2.24, 2.45) is 0 Å². The molecule has 2 rings (SSSR count). The Morgan fingerprint density at radius 3 is 2.00 bits per heavy atom. The van der Waals surface area contributed by atoms with Gasteiger partial charge in [-0.25, -0.2) is 13.2 Å². The third-order valence-corrected chi connectivity index (χ3v) is 3.69. The van der Waals surface area contributed by atoms with Crippen molar-refractivity contribution in [1.82, 2.24) is 0 Å². The highest BCUT2D eigenvalue weighted by Crippen LogP contribution is 2.38. The second-order valence-corrected chi connectivity index (χ2v) is 5.34. The molecule has 132 valence electrons. The van der Waals surface area contributed by atoms with Crippen molar-refractivity contribution in [3.63, 3.8) is 0 Å². The lowest BCUT2D eigenvalue weighted by Gasteiger charge is -2.24. The van der Waals surface area contributed by atoms with Gasteiger partial charge in [-0.15, -0.1) is 6.42 Å². The second kappa shape index (κ2) is 9.68. The predicted octanol–water partition coefficient (Wildman–Crippen LogP) is 5.61. The number of carbonyl (C=O) groups is 1. The third-order valence-electron chi connectivity index (χ3n) is 3.69. The van der Waals surface area contributed by atoms with E-state index >= 15 is 0 Å². The Balaban J connectivity index is 0.00000151. The summed E-state index contributed by atoms with van der Waals surface area (Å²) in [6.07, 6.45) is 5.45. The molecule has 25 heavy (non-hydrogen) atoms. The smallest absolute Gasteiger partial charge is 0.130 e. The van der Waals surface area contributed by atoms with Crippen LogP contribution in [0.2, 0.25) is 0 Å². The van der Waals surface area contributed by atoms with Gasteiger partial charge in [0.25, 0.3) is 0 Å². The zero-order valence-electron chi connectivity index (χ0n) is 14.5. The van der Waals surface area contributed by atoms with E-state index in [0.29, 0.717) is 5.56 Å². The Hall–Kier alpha value is -2.54. The normalized spacial score (nSPS) is 12.4. The molecule has 0 N–H and O–H groups in total. The Morgan fingerprint density at radius 2 is 1.56 bits per heavy atom. The lowest BCUT2D eigenvalue weighted by atomic mass is 9.78. The molecule has 0 aliphatic carbocycles. The van der Waals surface area contributed by atoms with Gasteiger partial charge >= 0.3 is 0 Å². The van der Waals surface area contributed by atoms with E-state index in [2.05, 4.69) is 5.92 Å². The summed E-state index contributed by atoms with van der Waals surface area (Å²) in [6.45, 7) is 5.34. The van der Waals surface area contributed by atoms with Gasteiger partial charge in [0.15, 0.2) is 0 Å². The number of ketones is 1. The first kappa shape index (κ1) is 20.5. The van der Waals surface area contributed by atoms with Gasteiger partial charge in [0.05, 0.1) is 5.92 Å². The van der Waals surface area contributed by atoms with E-state index in [1.807, 2.05) is 13.8 Å². The molecule has 0 heterocycles. The zero-order valence-corrected chi connectivity index (χ0v) is 14.5. The minimum Gasteiger partial charge on any atom is -0.300 e. The molecule has 2 atom stereocenters. The molecule has 0 aromatic heterocycles. The highest BCUT2D eigenvalue weighted by molar-refractivity contribution is 5.76. The standard InChI is InChI=1S/C19H15F3O.C2H6/c1-3-15(13-7-9-14(20)10-8-13)16(11-12(2)23)19-17(21)5-4-6-18(19)22;1-2/h1,4-10,15-16H,11H2,2H3;1-2H3. The van der Waals surface area contributed by atoms with Gasteiger partial charge in [0.2, 0.25) is 0 Å². The van der Waals surface area contributed by atoms with E-state index in [-0.39, 0.29) is 17.8 Å². The Morgan fingerprint density at radius 1 is 1.04 bits per heavy atom. The third kappa shape index (κ3) is 5.22. The van der Waals surface area contributed by atoms with E-state index in [1.54, 1.807) is 0 Å². The van der Waals surface area contributed by atoms with Crippen LogP contribution < -0.4 is 0 Å². The fraction of sp³-hybridized carbons (Fsp3) is 0.286. The van der Waals surface area contributed by atoms with Gasteiger partial charge in [-0.05, 0) is 36.8 Å². The molecule has 0 bridgehead atoms. The minimum atomic E-state index is -0.857. The van der Waals surface area contributed by atoms with Crippen LogP contribution >= 0.6 is 0 Å². The van der Waals surface area contributed by atoms with Gasteiger partial charge in [-0.2, -0.15) is 0 Å². The first-order valence-corrected chi connectivity index (χ1v) is 8.09. The van der Waals surface area contributed by atoms with E-state index < -0.39 is 29.3 Å². The highest BCUT2D eigenvalue weighted by Gasteiger charge is 2.29. The lowest BCUT2D eigenvalue weighted by molar-refractivity contribution is -0.117.